The lowest BCUT2D eigenvalue weighted by Gasteiger charge is -2.13. The summed E-state index contributed by atoms with van der Waals surface area (Å²) in [6.07, 6.45) is 3.42. The fourth-order valence-corrected chi connectivity index (χ4v) is 3.35. The third-order valence-corrected chi connectivity index (χ3v) is 4.57. The van der Waals surface area contributed by atoms with Crippen molar-refractivity contribution in [2.75, 3.05) is 0 Å². The molecule has 4 aromatic rings. The van der Waals surface area contributed by atoms with E-state index < -0.39 is 5.82 Å². The van der Waals surface area contributed by atoms with E-state index in [0.717, 1.165) is 5.39 Å². The van der Waals surface area contributed by atoms with Crippen LogP contribution in [-0.2, 0) is 0 Å². The Kier molecular flexibility index (Phi) is 3.70. The lowest BCUT2D eigenvalue weighted by atomic mass is 10.1. The summed E-state index contributed by atoms with van der Waals surface area (Å²) in [5, 5.41) is 10.9. The van der Waals surface area contributed by atoms with Gasteiger partial charge in [-0.25, -0.2) is 9.37 Å². The van der Waals surface area contributed by atoms with Crippen LogP contribution in [0.1, 0.15) is 5.56 Å². The molecule has 0 unspecified atom stereocenters. The monoisotopic (exact) mass is 352 g/mol. The lowest BCUT2D eigenvalue weighted by molar-refractivity contribution is 0.445. The van der Waals surface area contributed by atoms with Gasteiger partial charge in [0.1, 0.15) is 16.6 Å². The fourth-order valence-electron chi connectivity index (χ4n) is 2.66. The number of fused-ring (bicyclic) bond motifs is 1. The van der Waals surface area contributed by atoms with Gasteiger partial charge in [-0.2, -0.15) is 0 Å². The smallest absolute Gasteiger partial charge is 0.174 e. The number of hydrogen-bond donors (Lipinski definition) is 3. The van der Waals surface area contributed by atoms with E-state index in [9.17, 15) is 4.39 Å². The fraction of sp³-hybridized carbons (Fsp3) is 0. The average molecular weight is 352 g/mol. The van der Waals surface area contributed by atoms with Crippen molar-refractivity contribution in [1.82, 2.24) is 9.97 Å². The molecule has 0 bridgehead atoms. The van der Waals surface area contributed by atoms with Crippen LogP contribution >= 0.6 is 11.3 Å². The van der Waals surface area contributed by atoms with Crippen molar-refractivity contribution in [1.29, 1.82) is 5.41 Å². The zero-order chi connectivity index (χ0) is 17.4. The summed E-state index contributed by atoms with van der Waals surface area (Å²) in [5.41, 5.74) is 7.30. The van der Waals surface area contributed by atoms with Gasteiger partial charge in [-0.05, 0) is 18.2 Å². The van der Waals surface area contributed by atoms with Gasteiger partial charge in [0.15, 0.2) is 11.6 Å². The second-order valence-corrected chi connectivity index (χ2v) is 6.28. The Balaban J connectivity index is 1.89. The molecular formula is C18H13FN4OS. The molecular weight excluding hydrogens is 339 g/mol. The highest BCUT2D eigenvalue weighted by molar-refractivity contribution is 7.13. The molecule has 2 aromatic heterocycles. The van der Waals surface area contributed by atoms with Gasteiger partial charge in [-0.3, -0.25) is 5.41 Å². The number of nitrogens with one attached hydrogen (secondary N) is 2. The predicted molar refractivity (Wildman–Crippen MR) is 96.9 cm³/mol. The van der Waals surface area contributed by atoms with Gasteiger partial charge < -0.3 is 15.5 Å². The number of ether oxygens (including phenoxy) is 1. The summed E-state index contributed by atoms with van der Waals surface area (Å²) in [5.74, 6) is -0.0671. The summed E-state index contributed by atoms with van der Waals surface area (Å²) in [4.78, 5) is 7.32. The summed E-state index contributed by atoms with van der Waals surface area (Å²) < 4.78 is 20.6. The van der Waals surface area contributed by atoms with Crippen LogP contribution in [0, 0.1) is 11.2 Å². The number of benzene rings is 2. The first-order valence-corrected chi connectivity index (χ1v) is 8.33. The van der Waals surface area contributed by atoms with Crippen LogP contribution in [-0.4, -0.2) is 15.8 Å². The minimum atomic E-state index is -0.492. The van der Waals surface area contributed by atoms with Crippen molar-refractivity contribution < 1.29 is 9.13 Å². The largest absolute Gasteiger partial charge is 0.453 e. The topological polar surface area (TPSA) is 87.8 Å². The molecule has 0 fully saturated rings. The molecule has 4 rings (SSSR count). The Morgan fingerprint density at radius 3 is 2.92 bits per heavy atom. The van der Waals surface area contributed by atoms with E-state index >= 15 is 0 Å². The molecule has 0 aliphatic heterocycles. The van der Waals surface area contributed by atoms with Crippen molar-refractivity contribution in [2.24, 2.45) is 5.73 Å². The Morgan fingerprint density at radius 2 is 2.16 bits per heavy atom. The molecule has 0 spiro atoms. The number of nitrogen functional groups attached to an aromatic ring is 1. The van der Waals surface area contributed by atoms with Crippen LogP contribution in [0.25, 0.3) is 21.5 Å². The van der Waals surface area contributed by atoms with E-state index in [1.54, 1.807) is 36.7 Å². The molecule has 7 heteroatoms. The number of halogens is 1. The number of nitrogens with two attached hydrogens (primary N) is 1. The van der Waals surface area contributed by atoms with Gasteiger partial charge in [-0.1, -0.05) is 12.1 Å². The maximum Gasteiger partial charge on any atom is 0.174 e. The molecule has 124 valence electrons. The molecule has 0 saturated carbocycles. The van der Waals surface area contributed by atoms with Crippen molar-refractivity contribution in [3.8, 4) is 22.1 Å². The van der Waals surface area contributed by atoms with E-state index in [2.05, 4.69) is 9.97 Å². The molecule has 0 amide bonds. The third-order valence-electron chi connectivity index (χ3n) is 3.77. The molecule has 0 aliphatic carbocycles. The van der Waals surface area contributed by atoms with Gasteiger partial charge in [0.25, 0.3) is 0 Å². The average Bonchev–Trinajstić information content (AvgIpc) is 3.27. The van der Waals surface area contributed by atoms with Crippen molar-refractivity contribution in [3.05, 3.63) is 65.6 Å². The van der Waals surface area contributed by atoms with Crippen LogP contribution in [0.5, 0.6) is 11.5 Å². The first kappa shape index (κ1) is 15.3. The van der Waals surface area contributed by atoms with Crippen LogP contribution in [0.2, 0.25) is 0 Å². The highest BCUT2D eigenvalue weighted by Gasteiger charge is 2.20. The Bertz CT molecular complexity index is 1070. The lowest BCUT2D eigenvalue weighted by Crippen LogP contribution is -2.10. The van der Waals surface area contributed by atoms with Gasteiger partial charge in [0.2, 0.25) is 0 Å². The number of aromatic nitrogens is 2. The Morgan fingerprint density at radius 1 is 1.28 bits per heavy atom. The normalized spacial score (nSPS) is 10.9. The number of aromatic amines is 1. The second-order valence-electron chi connectivity index (χ2n) is 5.38. The van der Waals surface area contributed by atoms with Crippen LogP contribution in [0.15, 0.2) is 54.2 Å². The minimum Gasteiger partial charge on any atom is -0.453 e. The molecule has 2 heterocycles. The van der Waals surface area contributed by atoms with E-state index in [4.69, 9.17) is 15.9 Å². The third kappa shape index (κ3) is 2.74. The summed E-state index contributed by atoms with van der Waals surface area (Å²) in [6.45, 7) is 0. The standard InChI is InChI=1S/C18H13FN4OS/c19-13-9-14-12(4-5-22-14)15(18-23-6-7-25-18)16(13)24-11-3-1-2-10(8-11)17(20)21/h1-9,22H,(H3,20,21). The highest BCUT2D eigenvalue weighted by Crippen LogP contribution is 2.41. The maximum absolute atomic E-state index is 14.8. The van der Waals surface area contributed by atoms with Crippen LogP contribution < -0.4 is 10.5 Å². The highest BCUT2D eigenvalue weighted by atomic mass is 32.1. The number of thiazole rings is 1. The molecule has 0 radical (unpaired) electrons. The predicted octanol–water partition coefficient (Wildman–Crippen LogP) is 4.51. The van der Waals surface area contributed by atoms with E-state index in [0.29, 0.717) is 27.4 Å². The molecule has 5 nitrogen and oxygen atoms in total. The van der Waals surface area contributed by atoms with E-state index in [-0.39, 0.29) is 11.6 Å². The van der Waals surface area contributed by atoms with Gasteiger partial charge in [0.05, 0.1) is 5.56 Å². The molecule has 0 atom stereocenters. The molecule has 2 aromatic carbocycles. The van der Waals surface area contributed by atoms with Gasteiger partial charge in [-0.15, -0.1) is 11.3 Å². The number of rotatable bonds is 4. The van der Waals surface area contributed by atoms with Crippen LogP contribution in [0.3, 0.4) is 0 Å². The summed E-state index contributed by atoms with van der Waals surface area (Å²) in [7, 11) is 0. The van der Waals surface area contributed by atoms with Crippen LogP contribution in [0.4, 0.5) is 4.39 Å². The van der Waals surface area contributed by atoms with Gasteiger partial charge in [0, 0.05) is 40.3 Å². The van der Waals surface area contributed by atoms with Crippen molar-refractivity contribution in [2.45, 2.75) is 0 Å². The number of nitrogens with zero attached hydrogens (tertiary/aromatic N) is 1. The minimum absolute atomic E-state index is 0.0767. The first-order chi connectivity index (χ1) is 12.1. The van der Waals surface area contributed by atoms with E-state index in [1.807, 2.05) is 11.4 Å². The quantitative estimate of drug-likeness (QED) is 0.373. The Labute approximate surface area is 146 Å². The zero-order valence-corrected chi connectivity index (χ0v) is 13.7. The molecule has 0 saturated heterocycles. The molecule has 4 N–H and O–H groups in total. The van der Waals surface area contributed by atoms with Crippen molar-refractivity contribution in [3.63, 3.8) is 0 Å². The van der Waals surface area contributed by atoms with Gasteiger partial charge >= 0.3 is 0 Å². The SMILES string of the molecule is N=C(N)c1cccc(Oc2c(F)cc3[nH]ccc3c2-c2nccs2)c1. The van der Waals surface area contributed by atoms with E-state index in [1.165, 1.54) is 17.4 Å². The maximum atomic E-state index is 14.8. The summed E-state index contributed by atoms with van der Waals surface area (Å²) in [6, 6.07) is 9.97. The Hall–Kier alpha value is -3.19. The second kappa shape index (κ2) is 6.03. The number of amidine groups is 1. The first-order valence-electron chi connectivity index (χ1n) is 7.45. The molecule has 0 aliphatic rings. The number of H-pyrrole nitrogens is 1. The zero-order valence-electron chi connectivity index (χ0n) is 12.9. The number of hydrogen-bond acceptors (Lipinski definition) is 4. The van der Waals surface area contributed by atoms with Crippen molar-refractivity contribution >= 4 is 28.1 Å². The molecule has 25 heavy (non-hydrogen) atoms. The summed E-state index contributed by atoms with van der Waals surface area (Å²) >= 11 is 1.41.